The molecule has 0 aliphatic rings. The summed E-state index contributed by atoms with van der Waals surface area (Å²) in [6.07, 6.45) is 0. The molecule has 9 rings (SSSR count). The second kappa shape index (κ2) is 8.29. The number of benzene rings is 7. The molecule has 9 aromatic rings. The Morgan fingerprint density at radius 2 is 1.05 bits per heavy atom. The van der Waals surface area contributed by atoms with Crippen molar-refractivity contribution in [2.45, 2.75) is 0 Å². The van der Waals surface area contributed by atoms with Gasteiger partial charge in [-0.2, -0.15) is 0 Å². The topological polar surface area (TPSA) is 4.93 Å². The fourth-order valence-corrected chi connectivity index (χ4v) is 7.78. The van der Waals surface area contributed by atoms with Gasteiger partial charge in [0.25, 0.3) is 0 Å². The molecule has 0 spiro atoms. The summed E-state index contributed by atoms with van der Waals surface area (Å²) < 4.78 is 5.12. The van der Waals surface area contributed by atoms with Crippen molar-refractivity contribution in [1.82, 2.24) is 4.57 Å². The van der Waals surface area contributed by atoms with Crippen LogP contribution in [0, 0.1) is 0 Å². The molecule has 186 valence electrons. The maximum absolute atomic E-state index is 2.47. The summed E-state index contributed by atoms with van der Waals surface area (Å²) >= 11 is 1.87. The predicted molar refractivity (Wildman–Crippen MR) is 174 cm³/mol. The van der Waals surface area contributed by atoms with Crippen LogP contribution in [-0.2, 0) is 0 Å². The highest BCUT2D eigenvalue weighted by atomic mass is 32.1. The average Bonchev–Trinajstić information content (AvgIpc) is 3.55. The number of rotatable bonds is 2. The summed E-state index contributed by atoms with van der Waals surface area (Å²) in [5, 5.41) is 10.3. The van der Waals surface area contributed by atoms with E-state index in [2.05, 4.69) is 144 Å². The van der Waals surface area contributed by atoms with E-state index in [0.717, 1.165) is 0 Å². The summed E-state index contributed by atoms with van der Waals surface area (Å²) in [7, 11) is 0. The largest absolute Gasteiger partial charge is 0.309 e. The second-order valence-corrected chi connectivity index (χ2v) is 11.6. The van der Waals surface area contributed by atoms with Gasteiger partial charge in [-0.15, -0.1) is 11.3 Å². The Morgan fingerprint density at radius 1 is 0.425 bits per heavy atom. The maximum Gasteiger partial charge on any atom is 0.0555 e. The lowest BCUT2D eigenvalue weighted by Gasteiger charge is -2.13. The third-order valence-electron chi connectivity index (χ3n) is 8.35. The highest BCUT2D eigenvalue weighted by Gasteiger charge is 2.18. The van der Waals surface area contributed by atoms with Crippen LogP contribution < -0.4 is 0 Å². The molecule has 2 aromatic heterocycles. The minimum absolute atomic E-state index is 1.23. The lowest BCUT2D eigenvalue weighted by Crippen LogP contribution is -1.94. The van der Waals surface area contributed by atoms with Gasteiger partial charge in [-0.05, 0) is 75.1 Å². The summed E-state index contributed by atoms with van der Waals surface area (Å²) in [6, 6.07) is 51.2. The van der Waals surface area contributed by atoms with Crippen LogP contribution in [0.15, 0.2) is 140 Å². The van der Waals surface area contributed by atoms with Gasteiger partial charge < -0.3 is 4.57 Å². The van der Waals surface area contributed by atoms with Crippen molar-refractivity contribution in [2.75, 3.05) is 0 Å². The van der Waals surface area contributed by atoms with E-state index in [1.807, 2.05) is 11.3 Å². The molecule has 0 atom stereocenters. The molecule has 0 saturated carbocycles. The first kappa shape index (κ1) is 22.0. The van der Waals surface area contributed by atoms with Crippen LogP contribution in [0.1, 0.15) is 0 Å². The van der Waals surface area contributed by atoms with E-state index in [-0.39, 0.29) is 0 Å². The Bertz CT molecular complexity index is 2390. The van der Waals surface area contributed by atoms with E-state index in [0.29, 0.717) is 0 Å². The first-order valence-corrected chi connectivity index (χ1v) is 14.5. The quantitative estimate of drug-likeness (QED) is 0.198. The molecule has 0 radical (unpaired) electrons. The van der Waals surface area contributed by atoms with Crippen LogP contribution in [0.2, 0.25) is 0 Å². The predicted octanol–water partition coefficient (Wildman–Crippen LogP) is 11.1. The third kappa shape index (κ3) is 3.03. The molecule has 0 amide bonds. The Balaban J connectivity index is 1.40. The summed E-state index contributed by atoms with van der Waals surface area (Å²) in [6.45, 7) is 0. The number of aromatic nitrogens is 1. The van der Waals surface area contributed by atoms with Crippen molar-refractivity contribution < 1.29 is 0 Å². The molecule has 7 aromatic carbocycles. The minimum Gasteiger partial charge on any atom is -0.309 e. The third-order valence-corrected chi connectivity index (χ3v) is 9.49. The fraction of sp³-hybridized carbons (Fsp3) is 0. The molecule has 0 unspecified atom stereocenters. The van der Waals surface area contributed by atoms with Gasteiger partial charge in [-0.25, -0.2) is 0 Å². The van der Waals surface area contributed by atoms with Crippen molar-refractivity contribution in [1.29, 1.82) is 0 Å². The number of nitrogens with zero attached hydrogens (tertiary/aromatic N) is 1. The molecule has 0 saturated heterocycles. The first-order valence-electron chi connectivity index (χ1n) is 13.7. The zero-order valence-electron chi connectivity index (χ0n) is 21.6. The Labute approximate surface area is 235 Å². The van der Waals surface area contributed by atoms with Crippen LogP contribution >= 0.6 is 11.3 Å². The molecule has 0 bridgehead atoms. The molecular weight excluding hydrogens is 502 g/mol. The van der Waals surface area contributed by atoms with Crippen molar-refractivity contribution in [3.63, 3.8) is 0 Å². The van der Waals surface area contributed by atoms with Crippen LogP contribution in [0.25, 0.3) is 80.3 Å². The van der Waals surface area contributed by atoms with E-state index in [4.69, 9.17) is 0 Å². The summed E-state index contributed by atoms with van der Waals surface area (Å²) in [5.41, 5.74) is 6.27. The minimum atomic E-state index is 1.23. The molecule has 0 N–H and O–H groups in total. The van der Waals surface area contributed by atoms with Crippen LogP contribution in [0.4, 0.5) is 0 Å². The van der Waals surface area contributed by atoms with Crippen molar-refractivity contribution in [3.05, 3.63) is 140 Å². The molecule has 1 nitrogen and oxygen atoms in total. The molecule has 0 aliphatic carbocycles. The number of hydrogen-bond donors (Lipinski definition) is 0. The molecule has 2 heterocycles. The monoisotopic (exact) mass is 525 g/mol. The smallest absolute Gasteiger partial charge is 0.0555 e. The van der Waals surface area contributed by atoms with Gasteiger partial charge in [0.05, 0.1) is 16.7 Å². The number of para-hydroxylation sites is 1. The lowest BCUT2D eigenvalue weighted by atomic mass is 9.91. The van der Waals surface area contributed by atoms with Crippen LogP contribution in [0.5, 0.6) is 0 Å². The van der Waals surface area contributed by atoms with Crippen molar-refractivity contribution in [3.8, 4) is 16.8 Å². The van der Waals surface area contributed by atoms with E-state index in [9.17, 15) is 0 Å². The number of hydrogen-bond acceptors (Lipinski definition) is 1. The normalized spacial score (nSPS) is 12.0. The van der Waals surface area contributed by atoms with Gasteiger partial charge in [0, 0.05) is 30.9 Å². The molecule has 0 aliphatic heterocycles. The van der Waals surface area contributed by atoms with Gasteiger partial charge in [0.15, 0.2) is 0 Å². The van der Waals surface area contributed by atoms with E-state index in [1.165, 1.54) is 80.3 Å². The summed E-state index contributed by atoms with van der Waals surface area (Å²) in [4.78, 5) is 0. The van der Waals surface area contributed by atoms with E-state index >= 15 is 0 Å². The Kier molecular flexibility index (Phi) is 4.55. The van der Waals surface area contributed by atoms with Crippen LogP contribution in [-0.4, -0.2) is 4.57 Å². The highest BCUT2D eigenvalue weighted by molar-refractivity contribution is 7.25. The van der Waals surface area contributed by atoms with Crippen LogP contribution in [0.3, 0.4) is 0 Å². The zero-order chi connectivity index (χ0) is 26.2. The SMILES string of the molecule is c1ccc2c(-c3ccc4c(c3)c3ccccc3n4-c3cccc4sc5ccccc5c34)c3ccccc3cc2c1. The number of fused-ring (bicyclic) bond motifs is 8. The Morgan fingerprint density at radius 3 is 1.85 bits per heavy atom. The summed E-state index contributed by atoms with van der Waals surface area (Å²) in [5.74, 6) is 0. The number of thiophene rings is 1. The van der Waals surface area contributed by atoms with Gasteiger partial charge in [0.2, 0.25) is 0 Å². The molecule has 2 heteroatoms. The van der Waals surface area contributed by atoms with Gasteiger partial charge in [-0.3, -0.25) is 0 Å². The fourth-order valence-electron chi connectivity index (χ4n) is 6.65. The lowest BCUT2D eigenvalue weighted by molar-refractivity contribution is 1.20. The molecule has 0 fully saturated rings. The first-order chi connectivity index (χ1) is 19.8. The van der Waals surface area contributed by atoms with Gasteiger partial charge in [0.1, 0.15) is 0 Å². The molecule has 40 heavy (non-hydrogen) atoms. The maximum atomic E-state index is 2.47. The van der Waals surface area contributed by atoms with Crippen molar-refractivity contribution >= 4 is 74.9 Å². The van der Waals surface area contributed by atoms with E-state index < -0.39 is 0 Å². The van der Waals surface area contributed by atoms with Crippen molar-refractivity contribution in [2.24, 2.45) is 0 Å². The standard InChI is InChI=1S/C38H23NS/c1-3-12-27-24(10-1)22-25-11-2-4-13-28(25)37(27)26-20-21-33-31(23-26)29-14-5-7-16-32(29)39(33)34-17-9-19-36-38(34)30-15-6-8-18-35(30)40-36/h1-23H. The Hall–Kier alpha value is -4.92. The second-order valence-electron chi connectivity index (χ2n) is 10.5. The molecular formula is C38H23NS. The average molecular weight is 526 g/mol. The highest BCUT2D eigenvalue weighted by Crippen LogP contribution is 2.43. The zero-order valence-corrected chi connectivity index (χ0v) is 22.5. The van der Waals surface area contributed by atoms with Gasteiger partial charge >= 0.3 is 0 Å². The van der Waals surface area contributed by atoms with Gasteiger partial charge in [-0.1, -0.05) is 97.1 Å². The van der Waals surface area contributed by atoms with E-state index in [1.54, 1.807) is 0 Å².